The van der Waals surface area contributed by atoms with Gasteiger partial charge in [-0.25, -0.2) is 13.1 Å². The van der Waals surface area contributed by atoms with Crippen LogP contribution in [0.1, 0.15) is 13.8 Å². The first kappa shape index (κ1) is 18.7. The van der Waals surface area contributed by atoms with Crippen molar-refractivity contribution in [1.29, 1.82) is 0 Å². The lowest BCUT2D eigenvalue weighted by atomic mass is 10.4. The molecule has 0 atom stereocenters. The summed E-state index contributed by atoms with van der Waals surface area (Å²) in [6.45, 7) is 7.05. The van der Waals surface area contributed by atoms with E-state index in [4.69, 9.17) is 11.6 Å². The molecule has 1 aromatic rings. The molecule has 1 N–H and O–H groups in total. The smallest absolute Gasteiger partial charge is 0.240 e. The zero-order valence-corrected chi connectivity index (χ0v) is 13.4. The molecule has 0 saturated carbocycles. The van der Waals surface area contributed by atoms with Crippen molar-refractivity contribution in [1.82, 2.24) is 9.62 Å². The molecule has 0 spiro atoms. The Morgan fingerprint density at radius 1 is 1.16 bits per heavy atom. The quantitative estimate of drug-likeness (QED) is 0.697. The number of hydrogen-bond acceptors (Lipinski definition) is 3. The largest absolute Gasteiger partial charge is 1.00 e. The van der Waals surface area contributed by atoms with Crippen molar-refractivity contribution in [3.63, 3.8) is 0 Å². The van der Waals surface area contributed by atoms with Gasteiger partial charge in [-0.3, -0.25) is 0 Å². The lowest BCUT2D eigenvalue weighted by molar-refractivity contribution is -0.00000631. The van der Waals surface area contributed by atoms with E-state index in [9.17, 15) is 8.42 Å². The maximum absolute atomic E-state index is 11.9. The van der Waals surface area contributed by atoms with Crippen LogP contribution in [0.25, 0.3) is 0 Å². The van der Waals surface area contributed by atoms with Gasteiger partial charge in [0.1, 0.15) is 0 Å². The lowest BCUT2D eigenvalue weighted by Gasteiger charge is -2.17. The van der Waals surface area contributed by atoms with E-state index in [1.54, 1.807) is 12.1 Å². The highest BCUT2D eigenvalue weighted by Crippen LogP contribution is 2.13. The fourth-order valence-corrected chi connectivity index (χ4v) is 2.72. The Balaban J connectivity index is 0.00000324. The highest BCUT2D eigenvalue weighted by Gasteiger charge is 2.13. The zero-order chi connectivity index (χ0) is 13.6. The van der Waals surface area contributed by atoms with E-state index >= 15 is 0 Å². The molecule has 7 heteroatoms. The maximum Gasteiger partial charge on any atom is 0.240 e. The second-order valence-corrected chi connectivity index (χ2v) is 6.08. The first-order valence-electron chi connectivity index (χ1n) is 5.97. The molecule has 0 saturated heterocycles. The summed E-state index contributed by atoms with van der Waals surface area (Å²) in [6, 6.07) is 6.14. The third kappa shape index (κ3) is 6.10. The van der Waals surface area contributed by atoms with Crippen LogP contribution in [0, 0.1) is 0 Å². The molecule has 0 aliphatic rings. The number of hydrogen-bond donors (Lipinski definition) is 1. The summed E-state index contributed by atoms with van der Waals surface area (Å²) in [5.74, 6) is 0. The summed E-state index contributed by atoms with van der Waals surface area (Å²) in [6.07, 6.45) is 0. The minimum Gasteiger partial charge on any atom is -1.00 e. The summed E-state index contributed by atoms with van der Waals surface area (Å²) >= 11 is 5.72. The van der Waals surface area contributed by atoms with Gasteiger partial charge in [-0.2, -0.15) is 0 Å². The minimum atomic E-state index is -3.42. The van der Waals surface area contributed by atoms with E-state index in [1.165, 1.54) is 12.1 Å². The van der Waals surface area contributed by atoms with E-state index in [2.05, 4.69) is 23.5 Å². The van der Waals surface area contributed by atoms with Gasteiger partial charge in [0.15, 0.2) is 0 Å². The fourth-order valence-electron chi connectivity index (χ4n) is 1.58. The average molecular weight is 326 g/mol. The molecule has 110 valence electrons. The van der Waals surface area contributed by atoms with Gasteiger partial charge in [0, 0.05) is 18.1 Å². The fraction of sp³-hybridized carbons (Fsp3) is 0.500. The van der Waals surface area contributed by atoms with Gasteiger partial charge >= 0.3 is 0 Å². The van der Waals surface area contributed by atoms with Gasteiger partial charge in [-0.1, -0.05) is 25.4 Å². The van der Waals surface area contributed by atoms with Gasteiger partial charge in [0.25, 0.3) is 0 Å². The van der Waals surface area contributed by atoms with Crippen LogP contribution in [0.4, 0.5) is 0 Å². The van der Waals surface area contributed by atoms with Crippen molar-refractivity contribution >= 4 is 21.6 Å². The van der Waals surface area contributed by atoms with Crippen molar-refractivity contribution in [2.45, 2.75) is 18.7 Å². The Labute approximate surface area is 126 Å². The highest BCUT2D eigenvalue weighted by atomic mass is 35.5. The number of benzene rings is 1. The molecular weight excluding hydrogens is 307 g/mol. The normalized spacial score (nSPS) is 11.4. The van der Waals surface area contributed by atoms with Crippen LogP contribution in [-0.4, -0.2) is 39.5 Å². The van der Waals surface area contributed by atoms with Crippen molar-refractivity contribution in [3.05, 3.63) is 29.3 Å². The number of rotatable bonds is 7. The van der Waals surface area contributed by atoms with Gasteiger partial charge < -0.3 is 17.3 Å². The molecule has 0 unspecified atom stereocenters. The van der Waals surface area contributed by atoms with Crippen LogP contribution in [-0.2, 0) is 10.0 Å². The average Bonchev–Trinajstić information content (AvgIpc) is 2.35. The number of likely N-dealkylation sites (N-methyl/N-ethyl adjacent to an activating group) is 1. The van der Waals surface area contributed by atoms with Crippen LogP contribution in [0.2, 0.25) is 5.02 Å². The number of nitrogens with zero attached hydrogens (tertiary/aromatic N) is 1. The third-order valence-corrected chi connectivity index (χ3v) is 4.47. The summed E-state index contributed by atoms with van der Waals surface area (Å²) in [5, 5.41) is 0.525. The zero-order valence-electron chi connectivity index (χ0n) is 11.1. The molecule has 4 nitrogen and oxygen atoms in total. The third-order valence-electron chi connectivity index (χ3n) is 2.74. The molecule has 0 amide bonds. The van der Waals surface area contributed by atoms with Gasteiger partial charge in [0.05, 0.1) is 4.90 Å². The molecule has 0 fully saturated rings. The number of sulfonamides is 1. The molecule has 0 aliphatic heterocycles. The van der Waals surface area contributed by atoms with E-state index in [-0.39, 0.29) is 17.3 Å². The summed E-state index contributed by atoms with van der Waals surface area (Å²) in [7, 11) is -3.42. The van der Waals surface area contributed by atoms with E-state index in [0.29, 0.717) is 18.1 Å². The summed E-state index contributed by atoms with van der Waals surface area (Å²) in [5.41, 5.74) is 0. The van der Waals surface area contributed by atoms with Crippen LogP contribution in [0.3, 0.4) is 0 Å². The predicted octanol–water partition coefficient (Wildman–Crippen LogP) is -1.04. The summed E-state index contributed by atoms with van der Waals surface area (Å²) < 4.78 is 26.4. The minimum absolute atomic E-state index is 0. The van der Waals surface area contributed by atoms with Gasteiger partial charge in [-0.05, 0) is 37.4 Å². The monoisotopic (exact) mass is 325 g/mol. The first-order chi connectivity index (χ1) is 8.49. The molecule has 1 aromatic carbocycles. The van der Waals surface area contributed by atoms with Crippen molar-refractivity contribution in [2.24, 2.45) is 0 Å². The molecule has 0 heterocycles. The van der Waals surface area contributed by atoms with Crippen LogP contribution < -0.4 is 17.1 Å². The highest BCUT2D eigenvalue weighted by molar-refractivity contribution is 7.89. The van der Waals surface area contributed by atoms with Crippen LogP contribution >= 0.6 is 11.6 Å². The van der Waals surface area contributed by atoms with Crippen LogP contribution in [0.5, 0.6) is 0 Å². The molecule has 0 aromatic heterocycles. The Hall–Kier alpha value is -0.330. The second-order valence-electron chi connectivity index (χ2n) is 3.88. The maximum atomic E-state index is 11.9. The van der Waals surface area contributed by atoms with E-state index < -0.39 is 10.0 Å². The topological polar surface area (TPSA) is 49.4 Å². The second kappa shape index (κ2) is 8.76. The molecule has 0 aliphatic carbocycles. The van der Waals surface area contributed by atoms with Gasteiger partial charge in [0.2, 0.25) is 10.0 Å². The lowest BCUT2D eigenvalue weighted by Crippen LogP contribution is -3.00. The SMILES string of the molecule is CCN(CC)CCNS(=O)(=O)c1ccc(Cl)cc1.[Cl-]. The number of halogens is 2. The molecule has 1 rings (SSSR count). The van der Waals surface area contributed by atoms with E-state index in [0.717, 1.165) is 13.1 Å². The van der Waals surface area contributed by atoms with Crippen molar-refractivity contribution in [2.75, 3.05) is 26.2 Å². The molecular formula is C12H19Cl2N2O2S-. The van der Waals surface area contributed by atoms with Crippen LogP contribution in [0.15, 0.2) is 29.2 Å². The van der Waals surface area contributed by atoms with Crippen molar-refractivity contribution < 1.29 is 20.8 Å². The van der Waals surface area contributed by atoms with E-state index in [1.807, 2.05) is 0 Å². The first-order valence-corrected chi connectivity index (χ1v) is 7.83. The van der Waals surface area contributed by atoms with Crippen molar-refractivity contribution in [3.8, 4) is 0 Å². The Morgan fingerprint density at radius 3 is 2.16 bits per heavy atom. The Morgan fingerprint density at radius 2 is 1.68 bits per heavy atom. The standard InChI is InChI=1S/C12H19ClN2O2S.ClH/c1-3-15(4-2)10-9-14-18(16,17)12-7-5-11(13)6-8-12;/h5-8,14H,3-4,9-10H2,1-2H3;1H/p-1. The number of nitrogens with one attached hydrogen (secondary N) is 1. The summed E-state index contributed by atoms with van der Waals surface area (Å²) in [4.78, 5) is 2.40. The van der Waals surface area contributed by atoms with Gasteiger partial charge in [-0.15, -0.1) is 0 Å². The predicted molar refractivity (Wildman–Crippen MR) is 74.4 cm³/mol. The molecule has 0 radical (unpaired) electrons. The molecule has 0 bridgehead atoms. The Bertz CT molecular complexity index is 459. The molecule has 19 heavy (non-hydrogen) atoms. The Kier molecular flexibility index (Phi) is 8.61.